The van der Waals surface area contributed by atoms with Crippen molar-refractivity contribution in [1.82, 2.24) is 14.0 Å². The maximum absolute atomic E-state index is 13.5. The summed E-state index contributed by atoms with van der Waals surface area (Å²) in [4.78, 5) is 52.8. The van der Waals surface area contributed by atoms with E-state index in [0.29, 0.717) is 38.8 Å². The van der Waals surface area contributed by atoms with Crippen molar-refractivity contribution in [2.75, 3.05) is 19.8 Å². The van der Waals surface area contributed by atoms with Gasteiger partial charge >= 0.3 is 23.9 Å². The summed E-state index contributed by atoms with van der Waals surface area (Å²) in [6.07, 6.45) is -1.60. The molecule has 12 heteroatoms. The van der Waals surface area contributed by atoms with Crippen molar-refractivity contribution in [2.45, 2.75) is 64.3 Å². The minimum absolute atomic E-state index is 0.00117. The Balaban J connectivity index is 1.71. The Kier molecular flexibility index (Phi) is 7.47. The molecule has 1 aliphatic heterocycles. The van der Waals surface area contributed by atoms with Gasteiger partial charge in [-0.1, -0.05) is 12.1 Å². The molecule has 1 aromatic heterocycles. The fraction of sp³-hybridized carbons (Fsp3) is 0.520. The highest BCUT2D eigenvalue weighted by Crippen LogP contribution is 2.33. The molecule has 1 saturated heterocycles. The fourth-order valence-corrected chi connectivity index (χ4v) is 5.09. The number of amides is 1. The zero-order valence-corrected chi connectivity index (χ0v) is 20.5. The molecule has 9 nitrogen and oxygen atoms in total. The minimum atomic E-state index is -4.60. The highest BCUT2D eigenvalue weighted by molar-refractivity contribution is 5.88. The molecule has 0 bridgehead atoms. The number of ether oxygens (including phenoxy) is 2. The maximum Gasteiger partial charge on any atom is 0.416 e. The van der Waals surface area contributed by atoms with Crippen LogP contribution < -0.4 is 11.2 Å². The quantitative estimate of drug-likeness (QED) is 0.538. The predicted octanol–water partition coefficient (Wildman–Crippen LogP) is 3.50. The number of esters is 1. The first-order valence-corrected chi connectivity index (χ1v) is 12.1. The molecule has 1 aromatic carbocycles. The van der Waals surface area contributed by atoms with E-state index in [-0.39, 0.29) is 41.5 Å². The Morgan fingerprint density at radius 1 is 1.11 bits per heavy atom. The van der Waals surface area contributed by atoms with Gasteiger partial charge in [0.2, 0.25) is 0 Å². The molecule has 2 aromatic rings. The summed E-state index contributed by atoms with van der Waals surface area (Å²) >= 11 is 0. The van der Waals surface area contributed by atoms with Crippen LogP contribution in [0.2, 0.25) is 0 Å². The molecule has 4 rings (SSSR count). The predicted molar refractivity (Wildman–Crippen MR) is 126 cm³/mol. The summed E-state index contributed by atoms with van der Waals surface area (Å²) in [7, 11) is 0. The summed E-state index contributed by atoms with van der Waals surface area (Å²) in [5.74, 6) is -0.913. The molecule has 200 valence electrons. The Morgan fingerprint density at radius 3 is 2.38 bits per heavy atom. The highest BCUT2D eigenvalue weighted by Gasteiger charge is 2.35. The second-order valence-corrected chi connectivity index (χ2v) is 9.20. The van der Waals surface area contributed by atoms with Gasteiger partial charge in [0, 0.05) is 18.3 Å². The molecule has 2 heterocycles. The summed E-state index contributed by atoms with van der Waals surface area (Å²) in [5.41, 5.74) is -2.84. The fourth-order valence-electron chi connectivity index (χ4n) is 5.09. The molecule has 1 aliphatic carbocycles. The van der Waals surface area contributed by atoms with Crippen molar-refractivity contribution in [3.8, 4) is 0 Å². The second-order valence-electron chi connectivity index (χ2n) is 9.20. The molecule has 2 aliphatic rings. The summed E-state index contributed by atoms with van der Waals surface area (Å²) < 4.78 is 52.4. The van der Waals surface area contributed by atoms with E-state index in [2.05, 4.69) is 0 Å². The number of cyclic esters (lactones) is 1. The van der Waals surface area contributed by atoms with Gasteiger partial charge in [-0.3, -0.25) is 13.9 Å². The Hall–Kier alpha value is -3.57. The highest BCUT2D eigenvalue weighted by atomic mass is 19.4. The van der Waals surface area contributed by atoms with Crippen molar-refractivity contribution in [3.63, 3.8) is 0 Å². The van der Waals surface area contributed by atoms with E-state index in [1.807, 2.05) is 0 Å². The lowest BCUT2D eigenvalue weighted by Gasteiger charge is -2.34. The van der Waals surface area contributed by atoms with Gasteiger partial charge in [0.05, 0.1) is 25.3 Å². The molecule has 37 heavy (non-hydrogen) atoms. The second kappa shape index (κ2) is 10.4. The van der Waals surface area contributed by atoms with Gasteiger partial charge in [-0.15, -0.1) is 0 Å². The Labute approximate surface area is 210 Å². The standard InChI is InChI=1S/C25H28F3N3O6/c1-3-36-22(33)19-14-30(18-9-7-17(8-10-18)29-11-12-37-24(29)35)23(34)31(21(19)32)13-16-5-4-6-20(15(16)2)25(26,27)28/h4-6,14,17-18H,3,7-13H2,1-2H3/t17-,18-. The zero-order chi connectivity index (χ0) is 26.9. The first-order chi connectivity index (χ1) is 17.5. The first kappa shape index (κ1) is 26.5. The molecule has 1 saturated carbocycles. The van der Waals surface area contributed by atoms with E-state index < -0.39 is 35.5 Å². The van der Waals surface area contributed by atoms with Crippen LogP contribution in [0.5, 0.6) is 0 Å². The van der Waals surface area contributed by atoms with Crippen LogP contribution in [0.3, 0.4) is 0 Å². The molecule has 0 radical (unpaired) electrons. The normalized spacial score (nSPS) is 20.1. The van der Waals surface area contributed by atoms with E-state index in [0.717, 1.165) is 10.6 Å². The first-order valence-electron chi connectivity index (χ1n) is 12.1. The molecular formula is C25H28F3N3O6. The van der Waals surface area contributed by atoms with Crippen LogP contribution in [-0.2, 0) is 22.2 Å². The lowest BCUT2D eigenvalue weighted by molar-refractivity contribution is -0.138. The van der Waals surface area contributed by atoms with Crippen LogP contribution in [-0.4, -0.2) is 51.9 Å². The minimum Gasteiger partial charge on any atom is -0.462 e. The smallest absolute Gasteiger partial charge is 0.416 e. The van der Waals surface area contributed by atoms with Crippen molar-refractivity contribution in [3.05, 3.63) is 67.5 Å². The molecule has 1 amide bonds. The Bertz CT molecular complexity index is 1310. The number of carbonyl (C=O) groups excluding carboxylic acids is 2. The van der Waals surface area contributed by atoms with Crippen LogP contribution in [0.1, 0.15) is 65.7 Å². The van der Waals surface area contributed by atoms with Gasteiger partial charge in [-0.2, -0.15) is 13.2 Å². The third-order valence-electron chi connectivity index (χ3n) is 7.06. The lowest BCUT2D eigenvalue weighted by atomic mass is 9.90. The van der Waals surface area contributed by atoms with Gasteiger partial charge in [0.15, 0.2) is 0 Å². The van der Waals surface area contributed by atoms with E-state index in [1.165, 1.54) is 29.8 Å². The number of carbonyl (C=O) groups is 2. The molecule has 0 N–H and O–H groups in total. The third-order valence-corrected chi connectivity index (χ3v) is 7.06. The number of aromatic nitrogens is 2. The van der Waals surface area contributed by atoms with Crippen molar-refractivity contribution < 1.29 is 32.2 Å². The molecule has 2 fully saturated rings. The number of benzene rings is 1. The Morgan fingerprint density at radius 2 is 1.78 bits per heavy atom. The van der Waals surface area contributed by atoms with Crippen molar-refractivity contribution in [1.29, 1.82) is 0 Å². The number of hydrogen-bond acceptors (Lipinski definition) is 6. The van der Waals surface area contributed by atoms with E-state index in [9.17, 15) is 32.3 Å². The number of nitrogens with zero attached hydrogens (tertiary/aromatic N) is 3. The maximum atomic E-state index is 13.5. The van der Waals surface area contributed by atoms with E-state index >= 15 is 0 Å². The van der Waals surface area contributed by atoms with Crippen molar-refractivity contribution in [2.24, 2.45) is 0 Å². The molecule has 0 spiro atoms. The van der Waals surface area contributed by atoms with E-state index in [4.69, 9.17) is 9.47 Å². The van der Waals surface area contributed by atoms with Gasteiger partial charge in [0.1, 0.15) is 12.2 Å². The molecule has 0 unspecified atom stereocenters. The van der Waals surface area contributed by atoms with Gasteiger partial charge in [-0.25, -0.2) is 14.4 Å². The summed E-state index contributed by atoms with van der Waals surface area (Å²) in [6, 6.07) is 3.16. The van der Waals surface area contributed by atoms with E-state index in [1.54, 1.807) is 11.8 Å². The van der Waals surface area contributed by atoms with Gasteiger partial charge in [-0.05, 0) is 56.7 Å². The average Bonchev–Trinajstić information content (AvgIpc) is 3.28. The number of hydrogen-bond donors (Lipinski definition) is 0. The van der Waals surface area contributed by atoms with Gasteiger partial charge in [0.25, 0.3) is 5.56 Å². The number of halogens is 3. The van der Waals surface area contributed by atoms with Gasteiger partial charge < -0.3 is 14.4 Å². The topological polar surface area (TPSA) is 99.8 Å². The third kappa shape index (κ3) is 5.28. The largest absolute Gasteiger partial charge is 0.462 e. The van der Waals surface area contributed by atoms with Crippen LogP contribution in [0, 0.1) is 6.92 Å². The lowest BCUT2D eigenvalue weighted by Crippen LogP contribution is -2.45. The molecular weight excluding hydrogens is 495 g/mol. The zero-order valence-electron chi connectivity index (χ0n) is 20.5. The monoisotopic (exact) mass is 523 g/mol. The summed E-state index contributed by atoms with van der Waals surface area (Å²) in [5, 5.41) is 0. The van der Waals surface area contributed by atoms with Crippen molar-refractivity contribution >= 4 is 12.1 Å². The van der Waals surface area contributed by atoms with Crippen LogP contribution in [0.4, 0.5) is 18.0 Å². The number of rotatable bonds is 6. The van der Waals surface area contributed by atoms with Crippen LogP contribution >= 0.6 is 0 Å². The SMILES string of the molecule is CCOC(=O)c1cn([C@H]2CC[C@H](N3CCOC3=O)CC2)c(=O)n(Cc2cccc(C(F)(F)F)c2C)c1=O. The summed E-state index contributed by atoms with van der Waals surface area (Å²) in [6.45, 7) is 3.25. The van der Waals surface area contributed by atoms with Crippen LogP contribution in [0.25, 0.3) is 0 Å². The molecule has 0 atom stereocenters. The average molecular weight is 524 g/mol. The van der Waals surface area contributed by atoms with Crippen LogP contribution in [0.15, 0.2) is 34.0 Å². The number of alkyl halides is 3.